The first-order valence-electron chi connectivity index (χ1n) is 24.3. The molecule has 344 valence electrons. The van der Waals surface area contributed by atoms with Crippen molar-refractivity contribution in [2.45, 2.75) is 219 Å². The van der Waals surface area contributed by atoms with Crippen LogP contribution in [0, 0.1) is 0 Å². The number of nitrogens with zero attached hydrogens (tertiary/aromatic N) is 2. The topological polar surface area (TPSA) is 64.7 Å². The molecule has 6 nitrogen and oxygen atoms in total. The van der Waals surface area contributed by atoms with E-state index in [4.69, 9.17) is 0 Å². The molecule has 0 aliphatic rings. The van der Waals surface area contributed by atoms with Gasteiger partial charge in [-0.05, 0) is 117 Å². The minimum atomic E-state index is 0. The highest BCUT2D eigenvalue weighted by molar-refractivity contribution is 8.93. The van der Waals surface area contributed by atoms with Crippen molar-refractivity contribution in [1.29, 1.82) is 0 Å². The number of halogens is 2. The number of hydrogen-bond acceptors (Lipinski definition) is 4. The lowest BCUT2D eigenvalue weighted by molar-refractivity contribution is -0.122. The second-order valence-corrected chi connectivity index (χ2v) is 16.8. The number of amides is 2. The molecule has 2 amide bonds. The molecule has 0 atom stereocenters. The average Bonchev–Trinajstić information content (AvgIpc) is 3.19. The van der Waals surface area contributed by atoms with Crippen molar-refractivity contribution in [2.24, 2.45) is 0 Å². The summed E-state index contributed by atoms with van der Waals surface area (Å²) in [5.41, 5.74) is 0. The summed E-state index contributed by atoms with van der Waals surface area (Å²) in [5, 5.41) is 6.24. The fourth-order valence-corrected chi connectivity index (χ4v) is 7.07. The molecule has 58 heavy (non-hydrogen) atoms. The van der Waals surface area contributed by atoms with E-state index in [1.54, 1.807) is 0 Å². The molecule has 8 heteroatoms. The first-order chi connectivity index (χ1) is 27.5. The Bertz CT molecular complexity index is 929. The van der Waals surface area contributed by atoms with E-state index in [2.05, 4.69) is 84.8 Å². The third-order valence-electron chi connectivity index (χ3n) is 10.9. The summed E-state index contributed by atoms with van der Waals surface area (Å²) in [5.74, 6) is 0.434. The highest BCUT2D eigenvalue weighted by atomic mass is 79.9. The molecule has 0 radical (unpaired) electrons. The van der Waals surface area contributed by atoms with Crippen LogP contribution < -0.4 is 10.6 Å². The zero-order valence-electron chi connectivity index (χ0n) is 38.9. The molecule has 0 fully saturated rings. The van der Waals surface area contributed by atoms with Crippen LogP contribution in [-0.4, -0.2) is 75.0 Å². The second kappa shape index (κ2) is 52.2. The molecule has 0 rings (SSSR count). The molecule has 2 N–H and O–H groups in total. The van der Waals surface area contributed by atoms with Crippen molar-refractivity contribution < 1.29 is 9.59 Å². The molecule has 0 aliphatic carbocycles. The van der Waals surface area contributed by atoms with Gasteiger partial charge in [-0.3, -0.25) is 9.59 Å². The van der Waals surface area contributed by atoms with Crippen LogP contribution in [0.4, 0.5) is 0 Å². The fourth-order valence-electron chi connectivity index (χ4n) is 7.07. The smallest absolute Gasteiger partial charge is 0.219 e. The van der Waals surface area contributed by atoms with Crippen LogP contribution >= 0.6 is 34.0 Å². The van der Waals surface area contributed by atoms with E-state index >= 15 is 0 Å². The summed E-state index contributed by atoms with van der Waals surface area (Å²) in [6, 6.07) is 0. The van der Waals surface area contributed by atoms with E-state index in [0.717, 1.165) is 77.8 Å². The molecule has 0 aromatic heterocycles. The van der Waals surface area contributed by atoms with Crippen LogP contribution in [0.5, 0.6) is 0 Å². The van der Waals surface area contributed by atoms with Crippen LogP contribution in [0.1, 0.15) is 219 Å². The van der Waals surface area contributed by atoms with Crippen molar-refractivity contribution in [1.82, 2.24) is 20.4 Å². The number of unbranched alkanes of at least 4 members (excludes halogenated alkanes) is 23. The van der Waals surface area contributed by atoms with Crippen LogP contribution in [0.15, 0.2) is 36.5 Å². The molecular weight excluding hydrogens is 848 g/mol. The number of carbonyl (C=O) groups is 2. The molecule has 0 aromatic carbocycles. The summed E-state index contributed by atoms with van der Waals surface area (Å²) in [4.78, 5) is 29.1. The van der Waals surface area contributed by atoms with E-state index < -0.39 is 0 Å². The number of allylic oxidation sites excluding steroid dienone is 4. The number of likely N-dealkylation sites (N-methyl/N-ethyl adjacent to an activating group) is 1. The van der Waals surface area contributed by atoms with E-state index in [9.17, 15) is 9.59 Å². The highest BCUT2D eigenvalue weighted by Gasteiger charge is 2.04. The van der Waals surface area contributed by atoms with Gasteiger partial charge in [0.25, 0.3) is 0 Å². The van der Waals surface area contributed by atoms with Crippen LogP contribution in [0.3, 0.4) is 0 Å². The van der Waals surface area contributed by atoms with Crippen LogP contribution in [0.25, 0.3) is 0 Å². The van der Waals surface area contributed by atoms with Gasteiger partial charge < -0.3 is 20.4 Å². The maximum absolute atomic E-state index is 12.2. The summed E-state index contributed by atoms with van der Waals surface area (Å²) in [7, 11) is 4.35. The lowest BCUT2D eigenvalue weighted by atomic mass is 10.1. The van der Waals surface area contributed by atoms with Gasteiger partial charge in [0.05, 0.1) is 0 Å². The first kappa shape index (κ1) is 61.3. The summed E-state index contributed by atoms with van der Waals surface area (Å²) in [6.07, 6.45) is 53.0. The normalized spacial score (nSPS) is 11.6. The minimum Gasteiger partial charge on any atom is -0.356 e. The van der Waals surface area contributed by atoms with Crippen molar-refractivity contribution in [2.75, 3.05) is 53.4 Å². The van der Waals surface area contributed by atoms with Gasteiger partial charge >= 0.3 is 0 Å². The predicted octanol–water partition coefficient (Wildman–Crippen LogP) is 14.4. The van der Waals surface area contributed by atoms with Gasteiger partial charge in [0, 0.05) is 39.0 Å². The van der Waals surface area contributed by atoms with Gasteiger partial charge in [-0.15, -0.1) is 34.0 Å². The molecule has 0 aliphatic heterocycles. The van der Waals surface area contributed by atoms with Gasteiger partial charge in [-0.2, -0.15) is 0 Å². The van der Waals surface area contributed by atoms with Crippen molar-refractivity contribution in [3.8, 4) is 0 Å². The Hall–Kier alpha value is -0.960. The van der Waals surface area contributed by atoms with Gasteiger partial charge in [0.2, 0.25) is 11.8 Å². The summed E-state index contributed by atoms with van der Waals surface area (Å²) in [6.45, 7) is 10.2. The van der Waals surface area contributed by atoms with E-state index in [1.165, 1.54) is 154 Å². The number of hydrogen-bond donors (Lipinski definition) is 2. The maximum atomic E-state index is 12.2. The van der Waals surface area contributed by atoms with Crippen molar-refractivity contribution in [3.63, 3.8) is 0 Å². The van der Waals surface area contributed by atoms with Gasteiger partial charge in [-0.1, -0.05) is 153 Å². The number of nitrogens with one attached hydrogen (secondary N) is 2. The zero-order chi connectivity index (χ0) is 40.8. The lowest BCUT2D eigenvalue weighted by Gasteiger charge is -2.16. The molecular formula is C50H98Br2N4O2. The standard InChI is InChI=1S/C50H96N4O2.2BrH/c1-5-7-9-11-13-15-17-19-21-23-25-27-29-31-34-41-49(55)51-43-36-39-47-53(3)45-37-33-38-46-54(4)48-40-44-52-50(56)42-35-32-30-28-26-24-22-20-18-16-14-12-10-8-6-2;;/h19-22,33,37H,5-18,23-32,34-36,38-48H2,1-4H3,(H,51,55)(H,52,56);2*1H/b21-19-,22-20+,37-33?;;. The largest absolute Gasteiger partial charge is 0.356 e. The zero-order valence-corrected chi connectivity index (χ0v) is 42.3. The van der Waals surface area contributed by atoms with Gasteiger partial charge in [0.1, 0.15) is 0 Å². The molecule has 0 saturated heterocycles. The van der Waals surface area contributed by atoms with Crippen molar-refractivity contribution in [3.05, 3.63) is 36.5 Å². The average molecular weight is 947 g/mol. The molecule has 0 saturated carbocycles. The Morgan fingerprint density at radius 2 is 0.741 bits per heavy atom. The fraction of sp³-hybridized carbons (Fsp3) is 0.840. The third-order valence-corrected chi connectivity index (χ3v) is 10.9. The Morgan fingerprint density at radius 3 is 1.19 bits per heavy atom. The third kappa shape index (κ3) is 51.2. The SMILES string of the molecule is Br.Br.CCCCCCCC/C=C\CCCCCCCC(=O)NCCCCN(C)CC=CCCN(C)CCCNC(=O)CCCCCCC/C=C/CCCCCCCC. The quantitative estimate of drug-likeness (QED) is 0.0472. The Morgan fingerprint density at radius 1 is 0.379 bits per heavy atom. The van der Waals surface area contributed by atoms with E-state index in [-0.39, 0.29) is 45.8 Å². The highest BCUT2D eigenvalue weighted by Crippen LogP contribution is 2.12. The van der Waals surface area contributed by atoms with Crippen LogP contribution in [-0.2, 0) is 9.59 Å². The summed E-state index contributed by atoms with van der Waals surface area (Å²) >= 11 is 0. The molecule has 0 heterocycles. The van der Waals surface area contributed by atoms with Gasteiger partial charge in [-0.25, -0.2) is 0 Å². The number of rotatable bonds is 44. The van der Waals surface area contributed by atoms with E-state index in [0.29, 0.717) is 12.8 Å². The minimum absolute atomic E-state index is 0. The molecule has 0 spiro atoms. The summed E-state index contributed by atoms with van der Waals surface area (Å²) < 4.78 is 0. The van der Waals surface area contributed by atoms with E-state index in [1.807, 2.05) is 0 Å². The Labute approximate surface area is 383 Å². The molecule has 0 unspecified atom stereocenters. The van der Waals surface area contributed by atoms with Crippen LogP contribution in [0.2, 0.25) is 0 Å². The lowest BCUT2D eigenvalue weighted by Crippen LogP contribution is -2.28. The molecule has 0 aromatic rings. The van der Waals surface area contributed by atoms with Gasteiger partial charge in [0.15, 0.2) is 0 Å². The number of carbonyl (C=O) groups excluding carboxylic acids is 2. The predicted molar refractivity (Wildman–Crippen MR) is 268 cm³/mol. The monoisotopic (exact) mass is 945 g/mol. The maximum Gasteiger partial charge on any atom is 0.219 e. The Kier molecular flexibility index (Phi) is 55.2. The second-order valence-electron chi connectivity index (χ2n) is 16.8. The Balaban J connectivity index is -0.0000151. The first-order valence-corrected chi connectivity index (χ1v) is 24.3. The van der Waals surface area contributed by atoms with Crippen molar-refractivity contribution >= 4 is 45.8 Å². The molecule has 0 bridgehead atoms.